The van der Waals surface area contributed by atoms with Crippen LogP contribution in [-0.4, -0.2) is 60.6 Å². The number of aryl methyl sites for hydroxylation is 1. The van der Waals surface area contributed by atoms with Crippen molar-refractivity contribution in [2.75, 3.05) is 33.3 Å². The monoisotopic (exact) mass is 362 g/mol. The molecule has 0 saturated carbocycles. The molecule has 6 heteroatoms. The van der Waals surface area contributed by atoms with E-state index < -0.39 is 5.67 Å². The van der Waals surface area contributed by atoms with E-state index in [1.165, 1.54) is 0 Å². The lowest BCUT2D eigenvalue weighted by Gasteiger charge is -2.37. The van der Waals surface area contributed by atoms with Gasteiger partial charge in [-0.3, -0.25) is 9.59 Å². The third-order valence-electron chi connectivity index (χ3n) is 5.47. The minimum Gasteiger partial charge on any atom is -0.497 e. The molecule has 2 heterocycles. The zero-order valence-electron chi connectivity index (χ0n) is 15.4. The highest BCUT2D eigenvalue weighted by Gasteiger charge is 2.45. The average Bonchev–Trinajstić information content (AvgIpc) is 3.21. The SMILES string of the molecule is COc1ccc(CCC(=O)N2CCC(F)(C(=O)N3CCCC3)CC2)cc1. The molecule has 2 saturated heterocycles. The zero-order chi connectivity index (χ0) is 18.6. The number of ether oxygens (including phenoxy) is 1. The number of hydrogen-bond acceptors (Lipinski definition) is 3. The molecule has 0 N–H and O–H groups in total. The summed E-state index contributed by atoms with van der Waals surface area (Å²) in [4.78, 5) is 28.1. The molecule has 26 heavy (non-hydrogen) atoms. The normalized spacial score (nSPS) is 19.5. The van der Waals surface area contributed by atoms with E-state index in [1.807, 2.05) is 24.3 Å². The Kier molecular flexibility index (Phi) is 5.79. The Labute approximate surface area is 154 Å². The number of nitrogens with zero attached hydrogens (tertiary/aromatic N) is 2. The Bertz CT molecular complexity index is 633. The fourth-order valence-electron chi connectivity index (χ4n) is 3.73. The van der Waals surface area contributed by atoms with Crippen molar-refractivity contribution in [1.82, 2.24) is 9.80 Å². The molecule has 1 aromatic rings. The number of carbonyl (C=O) groups is 2. The Balaban J connectivity index is 1.47. The maximum absolute atomic E-state index is 15.0. The van der Waals surface area contributed by atoms with Crippen LogP contribution < -0.4 is 4.74 Å². The van der Waals surface area contributed by atoms with Crippen molar-refractivity contribution in [3.05, 3.63) is 29.8 Å². The molecule has 0 unspecified atom stereocenters. The van der Waals surface area contributed by atoms with Crippen LogP contribution in [-0.2, 0) is 16.0 Å². The second-order valence-electron chi connectivity index (χ2n) is 7.19. The van der Waals surface area contributed by atoms with E-state index in [1.54, 1.807) is 16.9 Å². The number of hydrogen-bond donors (Lipinski definition) is 0. The molecule has 2 aliphatic heterocycles. The summed E-state index contributed by atoms with van der Waals surface area (Å²) in [7, 11) is 1.62. The van der Waals surface area contributed by atoms with Crippen LogP contribution in [0.25, 0.3) is 0 Å². The highest BCUT2D eigenvalue weighted by molar-refractivity contribution is 5.86. The molecular formula is C20H27FN2O3. The summed E-state index contributed by atoms with van der Waals surface area (Å²) in [6.07, 6.45) is 3.17. The summed E-state index contributed by atoms with van der Waals surface area (Å²) in [6, 6.07) is 7.65. The van der Waals surface area contributed by atoms with Crippen LogP contribution in [0.2, 0.25) is 0 Å². The molecule has 0 atom stereocenters. The number of likely N-dealkylation sites (tertiary alicyclic amines) is 2. The molecule has 0 spiro atoms. The second-order valence-corrected chi connectivity index (χ2v) is 7.19. The predicted octanol–water partition coefficient (Wildman–Crippen LogP) is 2.58. The molecule has 3 rings (SSSR count). The summed E-state index contributed by atoms with van der Waals surface area (Å²) in [6.45, 7) is 1.96. The van der Waals surface area contributed by atoms with E-state index in [-0.39, 0.29) is 24.7 Å². The fourth-order valence-corrected chi connectivity index (χ4v) is 3.73. The van der Waals surface area contributed by atoms with Crippen LogP contribution in [0.1, 0.15) is 37.7 Å². The van der Waals surface area contributed by atoms with Gasteiger partial charge in [0.1, 0.15) is 5.75 Å². The third-order valence-corrected chi connectivity index (χ3v) is 5.47. The van der Waals surface area contributed by atoms with Crippen LogP contribution in [0.4, 0.5) is 4.39 Å². The van der Waals surface area contributed by atoms with Crippen molar-refractivity contribution in [1.29, 1.82) is 0 Å². The van der Waals surface area contributed by atoms with Gasteiger partial charge < -0.3 is 14.5 Å². The highest BCUT2D eigenvalue weighted by atomic mass is 19.1. The maximum Gasteiger partial charge on any atom is 0.260 e. The maximum atomic E-state index is 15.0. The molecule has 2 fully saturated rings. The quantitative estimate of drug-likeness (QED) is 0.809. The van der Waals surface area contributed by atoms with Gasteiger partial charge in [-0.05, 0) is 37.0 Å². The Morgan fingerprint density at radius 1 is 1.04 bits per heavy atom. The van der Waals surface area contributed by atoms with Crippen molar-refractivity contribution in [2.24, 2.45) is 0 Å². The molecule has 0 aliphatic carbocycles. The molecule has 1 aromatic carbocycles. The Hall–Kier alpha value is -2.11. The number of methoxy groups -OCH3 is 1. The van der Waals surface area contributed by atoms with Crippen LogP contribution in [0.15, 0.2) is 24.3 Å². The van der Waals surface area contributed by atoms with E-state index in [0.717, 1.165) is 24.2 Å². The number of halogens is 1. The second kappa shape index (κ2) is 8.06. The van der Waals surface area contributed by atoms with Crippen molar-refractivity contribution in [2.45, 2.75) is 44.2 Å². The number of piperidine rings is 1. The van der Waals surface area contributed by atoms with E-state index in [0.29, 0.717) is 39.0 Å². The summed E-state index contributed by atoms with van der Waals surface area (Å²) in [5.41, 5.74) is -0.725. The number of rotatable bonds is 5. The van der Waals surface area contributed by atoms with Gasteiger partial charge in [-0.1, -0.05) is 12.1 Å². The number of alkyl halides is 1. The van der Waals surface area contributed by atoms with Gasteiger partial charge in [0.25, 0.3) is 5.91 Å². The first-order valence-electron chi connectivity index (χ1n) is 9.41. The largest absolute Gasteiger partial charge is 0.497 e. The molecule has 0 bridgehead atoms. The molecule has 2 aliphatic rings. The van der Waals surface area contributed by atoms with Gasteiger partial charge in [0.05, 0.1) is 7.11 Å². The van der Waals surface area contributed by atoms with Crippen LogP contribution in [0.3, 0.4) is 0 Å². The first-order chi connectivity index (χ1) is 12.5. The van der Waals surface area contributed by atoms with Gasteiger partial charge >= 0.3 is 0 Å². The fraction of sp³-hybridized carbons (Fsp3) is 0.600. The van der Waals surface area contributed by atoms with Gasteiger partial charge in [-0.25, -0.2) is 4.39 Å². The van der Waals surface area contributed by atoms with Crippen LogP contribution in [0.5, 0.6) is 5.75 Å². The van der Waals surface area contributed by atoms with Gasteiger partial charge in [-0.15, -0.1) is 0 Å². The number of carbonyl (C=O) groups excluding carboxylic acids is 2. The predicted molar refractivity (Wildman–Crippen MR) is 96.8 cm³/mol. The van der Waals surface area contributed by atoms with Crippen LogP contribution >= 0.6 is 0 Å². The molecule has 0 radical (unpaired) electrons. The first kappa shape index (κ1) is 18.7. The van der Waals surface area contributed by atoms with Gasteiger partial charge in [0.15, 0.2) is 5.67 Å². The van der Waals surface area contributed by atoms with Crippen LogP contribution in [0, 0.1) is 0 Å². The highest BCUT2D eigenvalue weighted by Crippen LogP contribution is 2.30. The van der Waals surface area contributed by atoms with Crippen molar-refractivity contribution < 1.29 is 18.7 Å². The lowest BCUT2D eigenvalue weighted by atomic mass is 9.91. The lowest BCUT2D eigenvalue weighted by molar-refractivity contribution is -0.149. The average molecular weight is 362 g/mol. The van der Waals surface area contributed by atoms with Crippen molar-refractivity contribution >= 4 is 11.8 Å². The van der Waals surface area contributed by atoms with Gasteiger partial charge in [-0.2, -0.15) is 0 Å². The smallest absolute Gasteiger partial charge is 0.260 e. The number of benzene rings is 1. The van der Waals surface area contributed by atoms with E-state index in [2.05, 4.69) is 0 Å². The summed E-state index contributed by atoms with van der Waals surface area (Å²) >= 11 is 0. The topological polar surface area (TPSA) is 49.9 Å². The summed E-state index contributed by atoms with van der Waals surface area (Å²) in [5.74, 6) is 0.440. The lowest BCUT2D eigenvalue weighted by Crippen LogP contribution is -2.52. The summed E-state index contributed by atoms with van der Waals surface area (Å²) < 4.78 is 20.2. The van der Waals surface area contributed by atoms with Crippen molar-refractivity contribution in [3.8, 4) is 5.75 Å². The van der Waals surface area contributed by atoms with Gasteiger partial charge in [0, 0.05) is 45.4 Å². The summed E-state index contributed by atoms with van der Waals surface area (Å²) in [5, 5.41) is 0. The minimum absolute atomic E-state index is 0.0245. The molecule has 142 valence electrons. The number of amides is 2. The molecular weight excluding hydrogens is 335 g/mol. The molecule has 2 amide bonds. The van der Waals surface area contributed by atoms with E-state index in [4.69, 9.17) is 4.74 Å². The van der Waals surface area contributed by atoms with E-state index in [9.17, 15) is 9.59 Å². The Morgan fingerprint density at radius 3 is 2.23 bits per heavy atom. The minimum atomic E-state index is -1.79. The first-order valence-corrected chi connectivity index (χ1v) is 9.41. The standard InChI is InChI=1S/C20H27FN2O3/c1-26-17-7-4-16(5-8-17)6-9-18(24)22-14-10-20(21,11-15-22)19(25)23-12-2-3-13-23/h4-5,7-8H,2-3,6,9-15H2,1H3. The molecule has 5 nitrogen and oxygen atoms in total. The Morgan fingerprint density at radius 2 is 1.65 bits per heavy atom. The molecule has 0 aromatic heterocycles. The zero-order valence-corrected chi connectivity index (χ0v) is 15.4. The third kappa shape index (κ3) is 4.17. The van der Waals surface area contributed by atoms with Crippen molar-refractivity contribution in [3.63, 3.8) is 0 Å². The van der Waals surface area contributed by atoms with Gasteiger partial charge in [0.2, 0.25) is 5.91 Å². The van der Waals surface area contributed by atoms with E-state index >= 15 is 4.39 Å².